The number of ether oxygens (including phenoxy) is 2. The highest BCUT2D eigenvalue weighted by molar-refractivity contribution is 5.94. The summed E-state index contributed by atoms with van der Waals surface area (Å²) < 4.78 is 8.79. The highest BCUT2D eigenvalue weighted by Crippen LogP contribution is 2.13. The van der Waals surface area contributed by atoms with Crippen LogP contribution in [-0.2, 0) is 23.9 Å². The maximum Gasteiger partial charge on any atom is 0.377 e. The van der Waals surface area contributed by atoms with Crippen molar-refractivity contribution in [1.29, 1.82) is 0 Å². The molecule has 102 valence electrons. The van der Waals surface area contributed by atoms with E-state index in [1.165, 1.54) is 7.11 Å². The molecule has 0 aromatic rings. The summed E-state index contributed by atoms with van der Waals surface area (Å²) in [6.45, 7) is 5.45. The maximum atomic E-state index is 11.3. The van der Waals surface area contributed by atoms with Crippen LogP contribution < -0.4 is 5.73 Å². The Labute approximate surface area is 106 Å². The molecule has 0 aliphatic heterocycles. The fourth-order valence-corrected chi connectivity index (χ4v) is 0.624. The number of amidine groups is 1. The summed E-state index contributed by atoms with van der Waals surface area (Å²) in [4.78, 5) is 27.1. The van der Waals surface area contributed by atoms with E-state index in [2.05, 4.69) is 14.6 Å². The summed E-state index contributed by atoms with van der Waals surface area (Å²) in [6, 6.07) is 0. The fourth-order valence-electron chi connectivity index (χ4n) is 0.624. The highest BCUT2D eigenvalue weighted by atomic mass is 16.7. The number of esters is 2. The van der Waals surface area contributed by atoms with Crippen molar-refractivity contribution < 1.29 is 23.9 Å². The van der Waals surface area contributed by atoms with Crippen LogP contribution in [0.1, 0.15) is 20.8 Å². The number of carbonyl (C=O) groups is 2. The molecule has 0 aromatic carbocycles. The second-order valence-corrected chi connectivity index (χ2v) is 4.34. The van der Waals surface area contributed by atoms with E-state index in [1.807, 2.05) is 20.8 Å². The largest absolute Gasteiger partial charge is 0.466 e. The molecule has 0 rings (SSSR count). The number of oxime groups is 1. The van der Waals surface area contributed by atoms with E-state index in [4.69, 9.17) is 10.6 Å². The van der Waals surface area contributed by atoms with Crippen LogP contribution in [0.3, 0.4) is 0 Å². The molecule has 0 atom stereocenters. The van der Waals surface area contributed by atoms with E-state index >= 15 is 0 Å². The molecule has 0 aliphatic rings. The van der Waals surface area contributed by atoms with Gasteiger partial charge in [-0.1, -0.05) is 25.9 Å². The van der Waals surface area contributed by atoms with Crippen molar-refractivity contribution in [2.75, 3.05) is 14.2 Å². The Morgan fingerprint density at radius 2 is 1.72 bits per heavy atom. The SMILES string of the molecule is COC(=O)/C=C(/ON=C(N)C(C)(C)C)C(=O)OC. The molecule has 0 heterocycles. The number of carbonyl (C=O) groups excluding carboxylic acids is 2. The van der Waals surface area contributed by atoms with Gasteiger partial charge < -0.3 is 20.0 Å². The van der Waals surface area contributed by atoms with Gasteiger partial charge in [0.15, 0.2) is 0 Å². The number of nitrogens with zero attached hydrogens (tertiary/aromatic N) is 1. The number of methoxy groups -OCH3 is 2. The molecule has 0 spiro atoms. The van der Waals surface area contributed by atoms with Crippen LogP contribution in [0.5, 0.6) is 0 Å². The van der Waals surface area contributed by atoms with Crippen LogP contribution >= 0.6 is 0 Å². The Hall–Kier alpha value is -2.05. The van der Waals surface area contributed by atoms with Crippen molar-refractivity contribution in [2.24, 2.45) is 16.3 Å². The zero-order chi connectivity index (χ0) is 14.3. The molecular weight excluding hydrogens is 240 g/mol. The van der Waals surface area contributed by atoms with E-state index in [-0.39, 0.29) is 5.84 Å². The van der Waals surface area contributed by atoms with E-state index < -0.39 is 23.1 Å². The summed E-state index contributed by atoms with van der Waals surface area (Å²) in [5.41, 5.74) is 5.21. The molecule has 0 fully saturated rings. The van der Waals surface area contributed by atoms with Crippen LogP contribution in [-0.4, -0.2) is 32.0 Å². The van der Waals surface area contributed by atoms with Crippen molar-refractivity contribution in [3.8, 4) is 0 Å². The Bertz CT molecular complexity index is 379. The van der Waals surface area contributed by atoms with Crippen molar-refractivity contribution in [2.45, 2.75) is 20.8 Å². The Morgan fingerprint density at radius 3 is 2.11 bits per heavy atom. The van der Waals surface area contributed by atoms with Crippen molar-refractivity contribution >= 4 is 17.8 Å². The molecule has 7 nitrogen and oxygen atoms in total. The minimum Gasteiger partial charge on any atom is -0.466 e. The highest BCUT2D eigenvalue weighted by Gasteiger charge is 2.19. The molecule has 2 N–H and O–H groups in total. The fraction of sp³-hybridized carbons (Fsp3) is 0.545. The van der Waals surface area contributed by atoms with Crippen LogP contribution in [0.25, 0.3) is 0 Å². The first-order chi connectivity index (χ1) is 8.22. The summed E-state index contributed by atoms with van der Waals surface area (Å²) >= 11 is 0. The van der Waals surface area contributed by atoms with Gasteiger partial charge in [-0.25, -0.2) is 9.59 Å². The second kappa shape index (κ2) is 6.63. The van der Waals surface area contributed by atoms with Gasteiger partial charge in [0, 0.05) is 5.41 Å². The quantitative estimate of drug-likeness (QED) is 0.197. The average molecular weight is 258 g/mol. The predicted molar refractivity (Wildman–Crippen MR) is 64.3 cm³/mol. The topological polar surface area (TPSA) is 100 Å². The molecule has 18 heavy (non-hydrogen) atoms. The summed E-state index contributed by atoms with van der Waals surface area (Å²) in [5, 5.41) is 3.57. The zero-order valence-electron chi connectivity index (χ0n) is 11.1. The standard InChI is InChI=1S/C11H18N2O5/c1-11(2,3)10(12)13-18-7(9(15)17-5)6-8(14)16-4/h6H,1-5H3,(H2,12,13)/b7-6+. The molecular formula is C11H18N2O5. The molecule has 0 aliphatic carbocycles. The lowest BCUT2D eigenvalue weighted by molar-refractivity contribution is -0.142. The number of rotatable bonds is 4. The van der Waals surface area contributed by atoms with Gasteiger partial charge in [0.25, 0.3) is 0 Å². The van der Waals surface area contributed by atoms with Crippen LogP contribution in [0.2, 0.25) is 0 Å². The minimum absolute atomic E-state index is 0.169. The van der Waals surface area contributed by atoms with Gasteiger partial charge in [-0.3, -0.25) is 0 Å². The van der Waals surface area contributed by atoms with Gasteiger partial charge in [-0.15, -0.1) is 0 Å². The van der Waals surface area contributed by atoms with Crippen molar-refractivity contribution in [3.63, 3.8) is 0 Å². The summed E-state index contributed by atoms with van der Waals surface area (Å²) in [5.74, 6) is -1.86. The molecule has 0 saturated heterocycles. The molecule has 0 unspecified atom stereocenters. The van der Waals surface area contributed by atoms with Gasteiger partial charge in [0.2, 0.25) is 5.76 Å². The Morgan fingerprint density at radius 1 is 1.17 bits per heavy atom. The monoisotopic (exact) mass is 258 g/mol. The smallest absolute Gasteiger partial charge is 0.377 e. The molecule has 0 radical (unpaired) electrons. The number of hydrogen-bond acceptors (Lipinski definition) is 6. The van der Waals surface area contributed by atoms with E-state index in [1.54, 1.807) is 0 Å². The number of nitrogens with two attached hydrogens (primary N) is 1. The predicted octanol–water partition coefficient (Wildman–Crippen LogP) is 0.551. The first-order valence-electron chi connectivity index (χ1n) is 5.11. The van der Waals surface area contributed by atoms with Crippen LogP contribution in [0.15, 0.2) is 17.0 Å². The van der Waals surface area contributed by atoms with Gasteiger partial charge in [0.1, 0.15) is 5.84 Å². The third-order valence-corrected chi connectivity index (χ3v) is 1.85. The lowest BCUT2D eigenvalue weighted by Crippen LogP contribution is -2.29. The first-order valence-corrected chi connectivity index (χ1v) is 5.11. The summed E-state index contributed by atoms with van der Waals surface area (Å²) in [7, 11) is 2.31. The van der Waals surface area contributed by atoms with Crippen molar-refractivity contribution in [1.82, 2.24) is 0 Å². The Kier molecular flexibility index (Phi) is 5.87. The summed E-state index contributed by atoms with van der Waals surface area (Å²) in [6.07, 6.45) is 0.825. The van der Waals surface area contributed by atoms with E-state index in [0.29, 0.717) is 0 Å². The van der Waals surface area contributed by atoms with E-state index in [9.17, 15) is 9.59 Å². The lowest BCUT2D eigenvalue weighted by Gasteiger charge is -2.16. The molecule has 0 amide bonds. The third kappa shape index (κ3) is 5.33. The Balaban J connectivity index is 5.00. The van der Waals surface area contributed by atoms with Gasteiger partial charge in [-0.2, -0.15) is 0 Å². The van der Waals surface area contributed by atoms with Crippen LogP contribution in [0, 0.1) is 5.41 Å². The number of hydrogen-bond donors (Lipinski definition) is 1. The lowest BCUT2D eigenvalue weighted by atomic mass is 9.96. The van der Waals surface area contributed by atoms with Gasteiger partial charge in [0.05, 0.1) is 20.3 Å². The third-order valence-electron chi connectivity index (χ3n) is 1.85. The average Bonchev–Trinajstić information content (AvgIpc) is 2.31. The molecule has 7 heteroatoms. The minimum atomic E-state index is -0.856. The van der Waals surface area contributed by atoms with E-state index in [0.717, 1.165) is 13.2 Å². The normalized spacial score (nSPS) is 12.9. The van der Waals surface area contributed by atoms with Crippen LogP contribution in [0.4, 0.5) is 0 Å². The van der Waals surface area contributed by atoms with Gasteiger partial charge >= 0.3 is 11.9 Å². The van der Waals surface area contributed by atoms with Crippen molar-refractivity contribution in [3.05, 3.63) is 11.8 Å². The maximum absolute atomic E-state index is 11.3. The first kappa shape index (κ1) is 16.0. The molecule has 0 bridgehead atoms. The zero-order valence-corrected chi connectivity index (χ0v) is 11.1. The molecule has 0 saturated carbocycles. The molecule has 0 aromatic heterocycles. The second-order valence-electron chi connectivity index (χ2n) is 4.34. The van der Waals surface area contributed by atoms with Gasteiger partial charge in [-0.05, 0) is 0 Å².